The molecule has 1 fully saturated rings. The van der Waals surface area contributed by atoms with E-state index in [1.807, 2.05) is 41.4 Å². The van der Waals surface area contributed by atoms with E-state index in [4.69, 9.17) is 4.74 Å². The second kappa shape index (κ2) is 10.7. The number of nitrogens with zero attached hydrogens (tertiary/aromatic N) is 4. The molecule has 3 heterocycles. The molecule has 2 aromatic heterocycles. The van der Waals surface area contributed by atoms with Gasteiger partial charge in [0.25, 0.3) is 0 Å². The Balaban J connectivity index is 1.62. The van der Waals surface area contributed by atoms with E-state index >= 15 is 4.39 Å². The Morgan fingerprint density at radius 3 is 2.71 bits per heavy atom. The number of benzene rings is 2. The lowest BCUT2D eigenvalue weighted by molar-refractivity contribution is 0.0695. The van der Waals surface area contributed by atoms with Gasteiger partial charge in [0.1, 0.15) is 11.3 Å². The summed E-state index contributed by atoms with van der Waals surface area (Å²) in [6.07, 6.45) is 9.17. The van der Waals surface area contributed by atoms with Crippen LogP contribution in [0.25, 0.3) is 16.6 Å². The second-order valence-corrected chi connectivity index (χ2v) is 9.80. The molecule has 1 aliphatic rings. The first-order valence-electron chi connectivity index (χ1n) is 12.9. The molecule has 5 rings (SSSR count). The molecule has 0 amide bonds. The Kier molecular flexibility index (Phi) is 7.18. The molecule has 0 aliphatic carbocycles. The summed E-state index contributed by atoms with van der Waals surface area (Å²) in [5.41, 5.74) is 1.31. The largest absolute Gasteiger partial charge is 0.492 e. The van der Waals surface area contributed by atoms with Gasteiger partial charge in [-0.25, -0.2) is 13.9 Å². The highest BCUT2D eigenvalue weighted by Crippen LogP contribution is 2.41. The lowest BCUT2D eigenvalue weighted by atomic mass is 10.0. The van der Waals surface area contributed by atoms with E-state index in [-0.39, 0.29) is 17.7 Å². The lowest BCUT2D eigenvalue weighted by Gasteiger charge is -2.25. The molecule has 1 unspecified atom stereocenters. The quantitative estimate of drug-likeness (QED) is 0.332. The molecule has 0 bridgehead atoms. The van der Waals surface area contributed by atoms with Gasteiger partial charge in [0.05, 0.1) is 23.7 Å². The van der Waals surface area contributed by atoms with Crippen molar-refractivity contribution in [1.82, 2.24) is 14.3 Å². The van der Waals surface area contributed by atoms with Crippen molar-refractivity contribution in [2.24, 2.45) is 5.92 Å². The number of methoxy groups -OCH3 is 1. The standard InChI is InChI=1S/C29H31FN4O4/c1-3-4-6-19-11-14-32(16-19)26-24(30)15-22-25(28(26)38-2)33(18-23(27(22)35)29(36)37)17-20-7-9-21(10-8-20)34-13-5-12-31-34/h5,7-10,12-13,15,18-19H,3-4,6,11,14,16-17H2,1-2H3,(H,36,37). The topological polar surface area (TPSA) is 89.6 Å². The maximum Gasteiger partial charge on any atom is 0.341 e. The van der Waals surface area contributed by atoms with E-state index in [1.165, 1.54) is 19.4 Å². The highest BCUT2D eigenvalue weighted by Gasteiger charge is 2.30. The van der Waals surface area contributed by atoms with E-state index in [0.717, 1.165) is 36.9 Å². The average Bonchev–Trinajstić information content (AvgIpc) is 3.61. The van der Waals surface area contributed by atoms with Gasteiger partial charge in [-0.15, -0.1) is 0 Å². The summed E-state index contributed by atoms with van der Waals surface area (Å²) in [7, 11) is 1.46. The maximum absolute atomic E-state index is 15.6. The third-order valence-electron chi connectivity index (χ3n) is 7.30. The van der Waals surface area contributed by atoms with Crippen LogP contribution in [0.1, 0.15) is 48.5 Å². The zero-order chi connectivity index (χ0) is 26.8. The van der Waals surface area contributed by atoms with Crippen LogP contribution in [0.5, 0.6) is 5.75 Å². The average molecular weight is 519 g/mol. The zero-order valence-corrected chi connectivity index (χ0v) is 21.6. The van der Waals surface area contributed by atoms with E-state index in [1.54, 1.807) is 15.4 Å². The van der Waals surface area contributed by atoms with E-state index < -0.39 is 22.8 Å². The van der Waals surface area contributed by atoms with Gasteiger partial charge >= 0.3 is 5.97 Å². The molecule has 198 valence electrons. The summed E-state index contributed by atoms with van der Waals surface area (Å²) in [5, 5.41) is 13.9. The number of unbranched alkanes of at least 4 members (excludes halogenated alkanes) is 1. The van der Waals surface area contributed by atoms with Crippen LogP contribution in [-0.2, 0) is 6.54 Å². The normalized spacial score (nSPS) is 15.3. The number of carboxylic acid groups (broad SMARTS) is 1. The van der Waals surface area contributed by atoms with Crippen LogP contribution in [0.2, 0.25) is 0 Å². The number of anilines is 1. The molecular formula is C29H31FN4O4. The fourth-order valence-corrected chi connectivity index (χ4v) is 5.39. The number of hydrogen-bond donors (Lipinski definition) is 1. The van der Waals surface area contributed by atoms with Crippen molar-refractivity contribution in [1.29, 1.82) is 0 Å². The van der Waals surface area contributed by atoms with E-state index in [0.29, 0.717) is 30.2 Å². The van der Waals surface area contributed by atoms with Crippen molar-refractivity contribution in [3.05, 3.63) is 82.2 Å². The number of halogens is 1. The minimum Gasteiger partial charge on any atom is -0.492 e. The Morgan fingerprint density at radius 2 is 2.05 bits per heavy atom. The van der Waals surface area contributed by atoms with E-state index in [9.17, 15) is 14.7 Å². The number of carbonyl (C=O) groups is 1. The molecule has 1 atom stereocenters. The van der Waals surface area contributed by atoms with Gasteiger partial charge in [0.15, 0.2) is 11.6 Å². The molecule has 38 heavy (non-hydrogen) atoms. The van der Waals surface area contributed by atoms with Crippen molar-refractivity contribution in [2.75, 3.05) is 25.1 Å². The van der Waals surface area contributed by atoms with Crippen molar-refractivity contribution >= 4 is 22.6 Å². The number of hydrogen-bond acceptors (Lipinski definition) is 5. The summed E-state index contributed by atoms with van der Waals surface area (Å²) in [5.74, 6) is -1.22. The number of fused-ring (bicyclic) bond motifs is 1. The number of aromatic nitrogens is 3. The number of pyridine rings is 1. The Morgan fingerprint density at radius 1 is 1.26 bits per heavy atom. The maximum atomic E-state index is 15.6. The lowest BCUT2D eigenvalue weighted by Crippen LogP contribution is -2.24. The molecule has 8 nitrogen and oxygen atoms in total. The highest BCUT2D eigenvalue weighted by atomic mass is 19.1. The monoisotopic (exact) mass is 518 g/mol. The molecule has 0 spiro atoms. The van der Waals surface area contributed by atoms with Gasteiger partial charge in [-0.05, 0) is 48.6 Å². The van der Waals surface area contributed by atoms with Crippen LogP contribution in [0, 0.1) is 11.7 Å². The first-order valence-corrected chi connectivity index (χ1v) is 12.9. The Labute approximate surface area is 219 Å². The van der Waals surface area contributed by atoms with Crippen LogP contribution in [0.15, 0.2) is 59.8 Å². The zero-order valence-electron chi connectivity index (χ0n) is 21.6. The van der Waals surface area contributed by atoms with Crippen molar-refractivity contribution in [2.45, 2.75) is 39.2 Å². The minimum absolute atomic E-state index is 0.0158. The summed E-state index contributed by atoms with van der Waals surface area (Å²) in [6, 6.07) is 10.7. The molecular weight excluding hydrogens is 487 g/mol. The molecule has 0 radical (unpaired) electrons. The van der Waals surface area contributed by atoms with Crippen LogP contribution < -0.4 is 15.1 Å². The molecule has 9 heteroatoms. The van der Waals surface area contributed by atoms with Crippen molar-refractivity contribution in [3.8, 4) is 11.4 Å². The van der Waals surface area contributed by atoms with E-state index in [2.05, 4.69) is 12.0 Å². The molecule has 1 aliphatic heterocycles. The molecule has 2 aromatic carbocycles. The van der Waals surface area contributed by atoms with Crippen molar-refractivity contribution < 1.29 is 19.0 Å². The van der Waals surface area contributed by atoms with Gasteiger partial charge in [-0.3, -0.25) is 4.79 Å². The molecule has 1 N–H and O–H groups in total. The number of rotatable bonds is 9. The van der Waals surface area contributed by atoms with Gasteiger partial charge < -0.3 is 19.3 Å². The summed E-state index contributed by atoms with van der Waals surface area (Å²) < 4.78 is 24.8. The predicted molar refractivity (Wildman–Crippen MR) is 144 cm³/mol. The third kappa shape index (κ3) is 4.76. The van der Waals surface area contributed by atoms with Gasteiger partial charge in [0, 0.05) is 38.2 Å². The summed E-state index contributed by atoms with van der Waals surface area (Å²) in [4.78, 5) is 27.1. The molecule has 0 saturated carbocycles. The number of carboxylic acids is 1. The van der Waals surface area contributed by atoms with Crippen LogP contribution >= 0.6 is 0 Å². The SMILES string of the molecule is CCCCC1CCN(c2c(F)cc3c(=O)c(C(=O)O)cn(Cc4ccc(-n5cccn5)cc4)c3c2OC)C1. The first-order chi connectivity index (χ1) is 18.4. The fourth-order valence-electron chi connectivity index (χ4n) is 5.39. The predicted octanol–water partition coefficient (Wildman–Crippen LogP) is 5.10. The van der Waals surface area contributed by atoms with Crippen molar-refractivity contribution in [3.63, 3.8) is 0 Å². The van der Waals surface area contributed by atoms with Crippen LogP contribution in [0.3, 0.4) is 0 Å². The van der Waals surface area contributed by atoms with Gasteiger partial charge in [-0.1, -0.05) is 31.9 Å². The Bertz CT molecular complexity index is 1510. The highest BCUT2D eigenvalue weighted by molar-refractivity contribution is 5.97. The first kappa shape index (κ1) is 25.5. The van der Waals surface area contributed by atoms with Gasteiger partial charge in [0.2, 0.25) is 5.43 Å². The molecule has 4 aromatic rings. The number of aromatic carboxylic acids is 1. The fraction of sp³-hybridized carbons (Fsp3) is 0.345. The van der Waals surface area contributed by atoms with Crippen LogP contribution in [-0.4, -0.2) is 45.6 Å². The number of ether oxygens (including phenoxy) is 1. The Hall–Kier alpha value is -4.14. The second-order valence-electron chi connectivity index (χ2n) is 9.80. The summed E-state index contributed by atoms with van der Waals surface area (Å²) in [6.45, 7) is 3.83. The van der Waals surface area contributed by atoms with Crippen LogP contribution in [0.4, 0.5) is 10.1 Å². The molecule has 1 saturated heterocycles. The third-order valence-corrected chi connectivity index (χ3v) is 7.30. The minimum atomic E-state index is -1.36. The summed E-state index contributed by atoms with van der Waals surface area (Å²) >= 11 is 0. The van der Waals surface area contributed by atoms with Gasteiger partial charge in [-0.2, -0.15) is 5.10 Å². The smallest absolute Gasteiger partial charge is 0.341 e.